The lowest BCUT2D eigenvalue weighted by Gasteiger charge is -2.35. The van der Waals surface area contributed by atoms with Gasteiger partial charge in [0.25, 0.3) is 0 Å². The molecule has 2 rings (SSSR count). The van der Waals surface area contributed by atoms with Crippen molar-refractivity contribution in [1.29, 1.82) is 0 Å². The van der Waals surface area contributed by atoms with Crippen molar-refractivity contribution in [3.05, 3.63) is 12.4 Å². The number of hydrogen-bond acceptors (Lipinski definition) is 6. The quantitative estimate of drug-likeness (QED) is 0.792. The molecule has 100 valence electrons. The second-order valence-electron chi connectivity index (χ2n) is 4.35. The van der Waals surface area contributed by atoms with Crippen molar-refractivity contribution in [2.45, 2.75) is 19.4 Å². The summed E-state index contributed by atoms with van der Waals surface area (Å²) in [6, 6.07) is 2.18. The first-order valence-electron chi connectivity index (χ1n) is 6.45. The summed E-state index contributed by atoms with van der Waals surface area (Å²) < 4.78 is 5.44. The van der Waals surface area contributed by atoms with Crippen LogP contribution in [0.1, 0.15) is 13.3 Å². The third-order valence-electron chi connectivity index (χ3n) is 3.00. The number of rotatable bonds is 5. The fourth-order valence-electron chi connectivity index (χ4n) is 2.01. The fraction of sp³-hybridized carbons (Fsp3) is 0.667. The zero-order valence-corrected chi connectivity index (χ0v) is 10.8. The minimum absolute atomic E-state index is 0.202. The number of aromatic nitrogens is 2. The normalized spacial score (nSPS) is 19.9. The van der Waals surface area contributed by atoms with Crippen molar-refractivity contribution < 1.29 is 4.74 Å². The molecule has 1 aliphatic rings. The molecular formula is C12H21N5O. The second-order valence-corrected chi connectivity index (χ2v) is 4.35. The lowest BCUT2D eigenvalue weighted by molar-refractivity contribution is 0.0958. The molecule has 0 amide bonds. The minimum atomic E-state index is 0.202. The van der Waals surface area contributed by atoms with E-state index >= 15 is 0 Å². The Morgan fingerprint density at radius 2 is 2.44 bits per heavy atom. The average Bonchev–Trinajstić information content (AvgIpc) is 2.45. The van der Waals surface area contributed by atoms with E-state index in [1.165, 1.54) is 0 Å². The monoisotopic (exact) mass is 251 g/mol. The van der Waals surface area contributed by atoms with E-state index in [2.05, 4.69) is 27.1 Å². The SMILES string of the molecule is CCCNc1cc(N2CCOCC2CN)ncn1. The lowest BCUT2D eigenvalue weighted by atomic mass is 10.2. The third kappa shape index (κ3) is 3.08. The molecule has 3 N–H and O–H groups in total. The van der Waals surface area contributed by atoms with Crippen LogP contribution < -0.4 is 16.0 Å². The maximum Gasteiger partial charge on any atom is 0.134 e. The molecule has 0 spiro atoms. The summed E-state index contributed by atoms with van der Waals surface area (Å²) in [5.74, 6) is 1.78. The molecular weight excluding hydrogens is 230 g/mol. The molecule has 1 unspecified atom stereocenters. The average molecular weight is 251 g/mol. The van der Waals surface area contributed by atoms with Crippen molar-refractivity contribution in [1.82, 2.24) is 9.97 Å². The topological polar surface area (TPSA) is 76.3 Å². The standard InChI is InChI=1S/C12H21N5O/c1-2-3-14-11-6-12(16-9-15-11)17-4-5-18-8-10(17)7-13/h6,9-10H,2-5,7-8,13H2,1H3,(H,14,15,16). The Morgan fingerprint density at radius 1 is 1.56 bits per heavy atom. The molecule has 6 heteroatoms. The maximum atomic E-state index is 5.77. The van der Waals surface area contributed by atoms with Crippen molar-refractivity contribution in [3.63, 3.8) is 0 Å². The Bertz CT molecular complexity index is 373. The highest BCUT2D eigenvalue weighted by atomic mass is 16.5. The van der Waals surface area contributed by atoms with Gasteiger partial charge in [-0.15, -0.1) is 0 Å². The van der Waals surface area contributed by atoms with Crippen LogP contribution >= 0.6 is 0 Å². The highest BCUT2D eigenvalue weighted by Gasteiger charge is 2.23. The van der Waals surface area contributed by atoms with Gasteiger partial charge in [0.1, 0.15) is 18.0 Å². The molecule has 1 atom stereocenters. The number of hydrogen-bond donors (Lipinski definition) is 2. The maximum absolute atomic E-state index is 5.77. The van der Waals surface area contributed by atoms with Gasteiger partial charge in [0.05, 0.1) is 19.3 Å². The Labute approximate surface area is 108 Å². The van der Waals surface area contributed by atoms with Crippen LogP contribution in [0.3, 0.4) is 0 Å². The number of nitrogens with one attached hydrogen (secondary N) is 1. The van der Waals surface area contributed by atoms with Crippen LogP contribution in [0.5, 0.6) is 0 Å². The van der Waals surface area contributed by atoms with Crippen molar-refractivity contribution in [2.24, 2.45) is 5.73 Å². The van der Waals surface area contributed by atoms with E-state index in [-0.39, 0.29) is 6.04 Å². The van der Waals surface area contributed by atoms with Gasteiger partial charge in [-0.3, -0.25) is 0 Å². The Balaban J connectivity index is 2.10. The van der Waals surface area contributed by atoms with E-state index in [9.17, 15) is 0 Å². The van der Waals surface area contributed by atoms with Crippen LogP contribution in [-0.2, 0) is 4.74 Å². The van der Waals surface area contributed by atoms with Crippen LogP contribution in [0.15, 0.2) is 12.4 Å². The number of anilines is 2. The van der Waals surface area contributed by atoms with Crippen LogP contribution in [0, 0.1) is 0 Å². The molecule has 0 saturated carbocycles. The van der Waals surface area contributed by atoms with Gasteiger partial charge in [0, 0.05) is 25.7 Å². The largest absolute Gasteiger partial charge is 0.377 e. The highest BCUT2D eigenvalue weighted by Crippen LogP contribution is 2.18. The van der Waals surface area contributed by atoms with E-state index in [1.54, 1.807) is 6.33 Å². The summed E-state index contributed by atoms with van der Waals surface area (Å²) in [6.07, 6.45) is 2.67. The Hall–Kier alpha value is -1.40. The molecule has 2 heterocycles. The van der Waals surface area contributed by atoms with E-state index in [4.69, 9.17) is 10.5 Å². The fourth-order valence-corrected chi connectivity index (χ4v) is 2.01. The Kier molecular flexibility index (Phi) is 4.72. The first kappa shape index (κ1) is 13.0. The van der Waals surface area contributed by atoms with Crippen LogP contribution in [0.4, 0.5) is 11.6 Å². The van der Waals surface area contributed by atoms with Crippen LogP contribution in [0.2, 0.25) is 0 Å². The first-order chi connectivity index (χ1) is 8.85. The molecule has 1 aromatic heterocycles. The van der Waals surface area contributed by atoms with Gasteiger partial charge >= 0.3 is 0 Å². The number of nitrogens with two attached hydrogens (primary N) is 1. The van der Waals surface area contributed by atoms with Crippen LogP contribution in [0.25, 0.3) is 0 Å². The summed E-state index contributed by atoms with van der Waals surface area (Å²) >= 11 is 0. The van der Waals surface area contributed by atoms with Gasteiger partial charge in [-0.1, -0.05) is 6.92 Å². The molecule has 0 aromatic carbocycles. The molecule has 1 aliphatic heterocycles. The molecule has 0 aliphatic carbocycles. The van der Waals surface area contributed by atoms with E-state index in [1.807, 2.05) is 6.07 Å². The third-order valence-corrected chi connectivity index (χ3v) is 3.00. The summed E-state index contributed by atoms with van der Waals surface area (Å²) in [7, 11) is 0. The predicted octanol–water partition coefficient (Wildman–Crippen LogP) is 0.462. The number of ether oxygens (including phenoxy) is 1. The van der Waals surface area contributed by atoms with E-state index in [0.717, 1.165) is 37.8 Å². The molecule has 1 saturated heterocycles. The molecule has 6 nitrogen and oxygen atoms in total. The van der Waals surface area contributed by atoms with Gasteiger partial charge < -0.3 is 20.7 Å². The van der Waals surface area contributed by atoms with Gasteiger partial charge in [-0.2, -0.15) is 0 Å². The van der Waals surface area contributed by atoms with Gasteiger partial charge in [-0.05, 0) is 6.42 Å². The first-order valence-corrected chi connectivity index (χ1v) is 6.45. The van der Waals surface area contributed by atoms with E-state index < -0.39 is 0 Å². The smallest absolute Gasteiger partial charge is 0.134 e. The summed E-state index contributed by atoms with van der Waals surface area (Å²) in [5, 5.41) is 3.27. The van der Waals surface area contributed by atoms with Gasteiger partial charge in [-0.25, -0.2) is 9.97 Å². The molecule has 0 bridgehead atoms. The van der Waals surface area contributed by atoms with Gasteiger partial charge in [0.2, 0.25) is 0 Å². The summed E-state index contributed by atoms with van der Waals surface area (Å²) in [6.45, 7) is 5.83. The number of morpholine rings is 1. The molecule has 1 fully saturated rings. The lowest BCUT2D eigenvalue weighted by Crippen LogP contribution is -2.49. The van der Waals surface area contributed by atoms with Gasteiger partial charge in [0.15, 0.2) is 0 Å². The summed E-state index contributed by atoms with van der Waals surface area (Å²) in [4.78, 5) is 10.7. The van der Waals surface area contributed by atoms with Crippen molar-refractivity contribution in [2.75, 3.05) is 43.1 Å². The Morgan fingerprint density at radius 3 is 3.22 bits per heavy atom. The zero-order chi connectivity index (χ0) is 12.8. The second kappa shape index (κ2) is 6.51. The number of nitrogens with zero attached hydrogens (tertiary/aromatic N) is 3. The van der Waals surface area contributed by atoms with Crippen LogP contribution in [-0.4, -0.2) is 48.9 Å². The molecule has 0 radical (unpaired) electrons. The zero-order valence-electron chi connectivity index (χ0n) is 10.8. The molecule has 18 heavy (non-hydrogen) atoms. The predicted molar refractivity (Wildman–Crippen MR) is 71.8 cm³/mol. The highest BCUT2D eigenvalue weighted by molar-refractivity contribution is 5.49. The summed E-state index contributed by atoms with van der Waals surface area (Å²) in [5.41, 5.74) is 5.77. The molecule has 1 aromatic rings. The van der Waals surface area contributed by atoms with E-state index in [0.29, 0.717) is 13.2 Å². The minimum Gasteiger partial charge on any atom is -0.377 e. The van der Waals surface area contributed by atoms with Crippen molar-refractivity contribution >= 4 is 11.6 Å². The van der Waals surface area contributed by atoms with Crippen molar-refractivity contribution in [3.8, 4) is 0 Å².